The molecular weight excluding hydrogens is 312 g/mol. The molecule has 4 nitrogen and oxygen atoms in total. The van der Waals surface area contributed by atoms with Crippen LogP contribution in [0.15, 0.2) is 18.2 Å². The Kier molecular flexibility index (Phi) is 5.12. The highest BCUT2D eigenvalue weighted by atomic mass is 35.5. The minimum atomic E-state index is -0.0563. The fourth-order valence-corrected chi connectivity index (χ4v) is 3.81. The second-order valence-electron chi connectivity index (χ2n) is 6.55. The lowest BCUT2D eigenvalue weighted by atomic mass is 10.1. The first-order valence-electron chi connectivity index (χ1n) is 8.56. The van der Waals surface area contributed by atoms with Gasteiger partial charge in [0.1, 0.15) is 5.75 Å². The first-order valence-corrected chi connectivity index (χ1v) is 8.93. The van der Waals surface area contributed by atoms with E-state index >= 15 is 0 Å². The highest BCUT2D eigenvalue weighted by molar-refractivity contribution is 6.32. The molecule has 1 aromatic carbocycles. The molecule has 0 bridgehead atoms. The van der Waals surface area contributed by atoms with Crippen LogP contribution < -0.4 is 4.74 Å². The molecule has 1 amide bonds. The maximum absolute atomic E-state index is 12.5. The van der Waals surface area contributed by atoms with Crippen LogP contribution in [0.5, 0.6) is 5.75 Å². The number of carbonyl (C=O) groups excluding carboxylic acids is 1. The van der Waals surface area contributed by atoms with Gasteiger partial charge in [-0.3, -0.25) is 9.69 Å². The zero-order valence-electron chi connectivity index (χ0n) is 13.9. The van der Waals surface area contributed by atoms with E-state index in [0.717, 1.165) is 50.2 Å². The van der Waals surface area contributed by atoms with E-state index in [4.69, 9.17) is 16.3 Å². The van der Waals surface area contributed by atoms with Gasteiger partial charge >= 0.3 is 0 Å². The van der Waals surface area contributed by atoms with Crippen LogP contribution in [0.1, 0.15) is 38.7 Å². The Morgan fingerprint density at radius 2 is 2.22 bits per heavy atom. The van der Waals surface area contributed by atoms with Crippen LogP contribution in [0.3, 0.4) is 0 Å². The Balaban J connectivity index is 1.69. The van der Waals surface area contributed by atoms with Crippen LogP contribution in [0.4, 0.5) is 0 Å². The second kappa shape index (κ2) is 7.10. The molecule has 23 heavy (non-hydrogen) atoms. The molecule has 0 spiro atoms. The first kappa shape index (κ1) is 16.6. The molecule has 2 aliphatic rings. The van der Waals surface area contributed by atoms with Crippen molar-refractivity contribution < 1.29 is 9.53 Å². The van der Waals surface area contributed by atoms with Gasteiger partial charge in [0.05, 0.1) is 17.7 Å². The molecule has 0 saturated carbocycles. The number of hydrogen-bond donors (Lipinski definition) is 0. The van der Waals surface area contributed by atoms with Gasteiger partial charge in [-0.05, 0) is 43.9 Å². The quantitative estimate of drug-likeness (QED) is 0.827. The molecule has 2 aliphatic heterocycles. The lowest BCUT2D eigenvalue weighted by Crippen LogP contribution is -2.58. The second-order valence-corrected chi connectivity index (χ2v) is 6.95. The maximum Gasteiger partial charge on any atom is 0.239 e. The fraction of sp³-hybridized carbons (Fsp3) is 0.611. The molecule has 2 fully saturated rings. The smallest absolute Gasteiger partial charge is 0.239 e. The van der Waals surface area contributed by atoms with Crippen molar-refractivity contribution in [2.75, 3.05) is 19.7 Å². The predicted octanol–water partition coefficient (Wildman–Crippen LogP) is 3.32. The van der Waals surface area contributed by atoms with Crippen molar-refractivity contribution >= 4 is 17.5 Å². The Bertz CT molecular complexity index is 578. The standard InChI is InChI=1S/C18H25ClN2O2/c1-3-9-23-17-7-6-14(10-16(17)19)11-20-12-15-5-4-8-21(15)18(22)13(20)2/h6-7,10,13,15H,3-5,8-9,11-12H2,1-2H3/t13-,15+/m0/s1. The monoisotopic (exact) mass is 336 g/mol. The number of nitrogens with zero attached hydrogens (tertiary/aromatic N) is 2. The summed E-state index contributed by atoms with van der Waals surface area (Å²) in [6.45, 7) is 7.40. The minimum Gasteiger partial charge on any atom is -0.492 e. The summed E-state index contributed by atoms with van der Waals surface area (Å²) in [5.41, 5.74) is 1.13. The summed E-state index contributed by atoms with van der Waals surface area (Å²) in [5.74, 6) is 1.01. The summed E-state index contributed by atoms with van der Waals surface area (Å²) in [4.78, 5) is 16.8. The normalized spacial score (nSPS) is 24.8. The fourth-order valence-electron chi connectivity index (χ4n) is 3.55. The van der Waals surface area contributed by atoms with Crippen molar-refractivity contribution in [3.63, 3.8) is 0 Å². The lowest BCUT2D eigenvalue weighted by molar-refractivity contribution is -0.143. The van der Waals surface area contributed by atoms with Crippen LogP contribution >= 0.6 is 11.6 Å². The van der Waals surface area contributed by atoms with Crippen LogP contribution in [0.25, 0.3) is 0 Å². The maximum atomic E-state index is 12.5. The predicted molar refractivity (Wildman–Crippen MR) is 91.8 cm³/mol. The Morgan fingerprint density at radius 1 is 1.39 bits per heavy atom. The number of carbonyl (C=O) groups is 1. The van der Waals surface area contributed by atoms with Gasteiger partial charge in [0, 0.05) is 25.7 Å². The van der Waals surface area contributed by atoms with Gasteiger partial charge in [-0.2, -0.15) is 0 Å². The van der Waals surface area contributed by atoms with Crippen molar-refractivity contribution in [1.29, 1.82) is 0 Å². The third kappa shape index (κ3) is 3.48. The SMILES string of the molecule is CCCOc1ccc(CN2C[C@H]3CCCN3C(=O)[C@@H]2C)cc1Cl. The molecule has 0 radical (unpaired) electrons. The third-order valence-electron chi connectivity index (χ3n) is 4.85. The molecule has 0 aromatic heterocycles. The number of fused-ring (bicyclic) bond motifs is 1. The van der Waals surface area contributed by atoms with Crippen LogP contribution in [-0.4, -0.2) is 47.5 Å². The molecule has 126 valence electrons. The van der Waals surface area contributed by atoms with Gasteiger partial charge in [-0.25, -0.2) is 0 Å². The molecule has 1 aromatic rings. The lowest BCUT2D eigenvalue weighted by Gasteiger charge is -2.41. The average molecular weight is 337 g/mol. The number of amides is 1. The molecule has 5 heteroatoms. The van der Waals surface area contributed by atoms with Crippen molar-refractivity contribution in [2.24, 2.45) is 0 Å². The molecular formula is C18H25ClN2O2. The van der Waals surface area contributed by atoms with E-state index in [1.807, 2.05) is 19.1 Å². The third-order valence-corrected chi connectivity index (χ3v) is 5.15. The molecule has 3 rings (SSSR count). The highest BCUT2D eigenvalue weighted by Gasteiger charge is 2.39. The topological polar surface area (TPSA) is 32.8 Å². The Hall–Kier alpha value is -1.26. The Labute approximate surface area is 143 Å². The zero-order valence-corrected chi connectivity index (χ0v) is 14.7. The van der Waals surface area contributed by atoms with Gasteiger partial charge in [0.2, 0.25) is 5.91 Å². The Morgan fingerprint density at radius 3 is 2.96 bits per heavy atom. The number of piperazine rings is 1. The van der Waals surface area contributed by atoms with Crippen LogP contribution in [0, 0.1) is 0 Å². The summed E-state index contributed by atoms with van der Waals surface area (Å²) in [6, 6.07) is 6.28. The molecule has 0 aliphatic carbocycles. The number of ether oxygens (including phenoxy) is 1. The minimum absolute atomic E-state index is 0.0563. The van der Waals surface area contributed by atoms with E-state index in [-0.39, 0.29) is 11.9 Å². The van der Waals surface area contributed by atoms with E-state index in [1.165, 1.54) is 0 Å². The largest absolute Gasteiger partial charge is 0.492 e. The molecule has 2 saturated heterocycles. The molecule has 0 unspecified atom stereocenters. The van der Waals surface area contributed by atoms with Crippen LogP contribution in [-0.2, 0) is 11.3 Å². The van der Waals surface area contributed by atoms with Crippen LogP contribution in [0.2, 0.25) is 5.02 Å². The van der Waals surface area contributed by atoms with E-state index in [9.17, 15) is 4.79 Å². The van der Waals surface area contributed by atoms with Crippen molar-refractivity contribution in [3.05, 3.63) is 28.8 Å². The molecule has 2 heterocycles. The van der Waals surface area contributed by atoms with Gasteiger partial charge in [-0.15, -0.1) is 0 Å². The number of hydrogen-bond acceptors (Lipinski definition) is 3. The zero-order chi connectivity index (χ0) is 16.4. The molecule has 0 N–H and O–H groups in total. The number of halogens is 1. The van der Waals surface area contributed by atoms with Gasteiger partial charge < -0.3 is 9.64 Å². The summed E-state index contributed by atoms with van der Waals surface area (Å²) in [6.07, 6.45) is 3.22. The van der Waals surface area contributed by atoms with E-state index in [0.29, 0.717) is 17.7 Å². The first-order chi connectivity index (χ1) is 11.1. The average Bonchev–Trinajstić information content (AvgIpc) is 3.00. The van der Waals surface area contributed by atoms with Gasteiger partial charge in [-0.1, -0.05) is 24.6 Å². The van der Waals surface area contributed by atoms with Crippen molar-refractivity contribution in [1.82, 2.24) is 9.80 Å². The van der Waals surface area contributed by atoms with Crippen molar-refractivity contribution in [2.45, 2.75) is 51.7 Å². The van der Waals surface area contributed by atoms with E-state index in [2.05, 4.69) is 22.8 Å². The summed E-state index contributed by atoms with van der Waals surface area (Å²) < 4.78 is 5.62. The highest BCUT2D eigenvalue weighted by Crippen LogP contribution is 2.29. The summed E-state index contributed by atoms with van der Waals surface area (Å²) in [5, 5.41) is 0.648. The summed E-state index contributed by atoms with van der Waals surface area (Å²) >= 11 is 6.32. The van der Waals surface area contributed by atoms with Gasteiger partial charge in [0.15, 0.2) is 0 Å². The van der Waals surface area contributed by atoms with Gasteiger partial charge in [0.25, 0.3) is 0 Å². The van der Waals surface area contributed by atoms with E-state index < -0.39 is 0 Å². The summed E-state index contributed by atoms with van der Waals surface area (Å²) in [7, 11) is 0. The number of rotatable bonds is 5. The molecule has 2 atom stereocenters. The van der Waals surface area contributed by atoms with Crippen molar-refractivity contribution in [3.8, 4) is 5.75 Å². The van der Waals surface area contributed by atoms with E-state index in [1.54, 1.807) is 0 Å². The number of benzene rings is 1.